The lowest BCUT2D eigenvalue weighted by molar-refractivity contribution is -0.118. The zero-order chi connectivity index (χ0) is 11.7. The van der Waals surface area contributed by atoms with Gasteiger partial charge in [0.05, 0.1) is 17.1 Å². The van der Waals surface area contributed by atoms with E-state index in [9.17, 15) is 9.59 Å². The van der Waals surface area contributed by atoms with Gasteiger partial charge < -0.3 is 21.1 Å². The van der Waals surface area contributed by atoms with E-state index in [1.165, 1.54) is 6.92 Å². The lowest BCUT2D eigenvalue weighted by atomic mass is 10.2. The number of rotatable bonds is 1. The molecule has 0 atom stereocenters. The summed E-state index contributed by atoms with van der Waals surface area (Å²) >= 11 is 0. The summed E-state index contributed by atoms with van der Waals surface area (Å²) in [6.07, 6.45) is 0. The van der Waals surface area contributed by atoms with E-state index in [4.69, 9.17) is 10.5 Å². The first-order valence-electron chi connectivity index (χ1n) is 4.70. The fourth-order valence-electron chi connectivity index (χ4n) is 1.44. The Kier molecular flexibility index (Phi) is 2.40. The molecule has 0 saturated carbocycles. The predicted molar refractivity (Wildman–Crippen MR) is 59.3 cm³/mol. The van der Waals surface area contributed by atoms with Crippen LogP contribution in [0.2, 0.25) is 0 Å². The van der Waals surface area contributed by atoms with E-state index in [0.717, 1.165) is 0 Å². The van der Waals surface area contributed by atoms with Gasteiger partial charge in [-0.15, -0.1) is 0 Å². The number of nitrogen functional groups attached to an aromatic ring is 1. The maximum Gasteiger partial charge on any atom is 0.262 e. The smallest absolute Gasteiger partial charge is 0.262 e. The summed E-state index contributed by atoms with van der Waals surface area (Å²) in [7, 11) is 0. The zero-order valence-electron chi connectivity index (χ0n) is 8.66. The fourth-order valence-corrected chi connectivity index (χ4v) is 1.44. The van der Waals surface area contributed by atoms with Crippen molar-refractivity contribution >= 4 is 28.9 Å². The van der Waals surface area contributed by atoms with Crippen molar-refractivity contribution < 1.29 is 14.3 Å². The highest BCUT2D eigenvalue weighted by atomic mass is 16.5. The number of amides is 2. The molecule has 0 aromatic heterocycles. The highest BCUT2D eigenvalue weighted by Gasteiger charge is 2.18. The summed E-state index contributed by atoms with van der Waals surface area (Å²) < 4.78 is 5.19. The van der Waals surface area contributed by atoms with E-state index in [-0.39, 0.29) is 18.4 Å². The standard InChI is InChI=1S/C10H11N3O3/c1-5(14)12-7-3-9-8(2-6(7)11)13-10(15)4-16-9/h2-3H,4,11H2,1H3,(H,12,14)(H,13,15). The van der Waals surface area contributed by atoms with E-state index in [1.807, 2.05) is 0 Å². The van der Waals surface area contributed by atoms with Crippen molar-refractivity contribution in [3.8, 4) is 5.75 Å². The van der Waals surface area contributed by atoms with Crippen LogP contribution in [0.4, 0.5) is 17.1 Å². The van der Waals surface area contributed by atoms with Gasteiger partial charge in [0.2, 0.25) is 5.91 Å². The first kappa shape index (κ1) is 10.3. The van der Waals surface area contributed by atoms with Gasteiger partial charge in [-0.3, -0.25) is 9.59 Å². The second-order valence-corrected chi connectivity index (χ2v) is 3.45. The number of fused-ring (bicyclic) bond motifs is 1. The molecular weight excluding hydrogens is 210 g/mol. The number of ether oxygens (including phenoxy) is 1. The molecule has 0 spiro atoms. The second-order valence-electron chi connectivity index (χ2n) is 3.45. The van der Waals surface area contributed by atoms with Gasteiger partial charge in [-0.2, -0.15) is 0 Å². The first-order valence-corrected chi connectivity index (χ1v) is 4.70. The van der Waals surface area contributed by atoms with E-state index >= 15 is 0 Å². The molecular formula is C10H11N3O3. The molecule has 4 N–H and O–H groups in total. The van der Waals surface area contributed by atoms with Gasteiger partial charge in [-0.1, -0.05) is 0 Å². The number of anilines is 3. The summed E-state index contributed by atoms with van der Waals surface area (Å²) in [5.74, 6) is 0.0585. The van der Waals surface area contributed by atoms with E-state index in [1.54, 1.807) is 12.1 Å². The molecule has 2 rings (SSSR count). The van der Waals surface area contributed by atoms with Crippen molar-refractivity contribution in [2.45, 2.75) is 6.92 Å². The third kappa shape index (κ3) is 1.90. The fraction of sp³-hybridized carbons (Fsp3) is 0.200. The van der Waals surface area contributed by atoms with Crippen LogP contribution < -0.4 is 21.1 Å². The molecule has 0 fully saturated rings. The minimum Gasteiger partial charge on any atom is -0.482 e. The lowest BCUT2D eigenvalue weighted by Crippen LogP contribution is -2.25. The Morgan fingerprint density at radius 3 is 3.00 bits per heavy atom. The van der Waals surface area contributed by atoms with Gasteiger partial charge in [0.1, 0.15) is 5.75 Å². The SMILES string of the molecule is CC(=O)Nc1cc2c(cc1N)NC(=O)CO2. The van der Waals surface area contributed by atoms with Gasteiger partial charge in [0.15, 0.2) is 6.61 Å². The third-order valence-electron chi connectivity index (χ3n) is 2.10. The van der Waals surface area contributed by atoms with E-state index < -0.39 is 0 Å². The number of hydrogen-bond donors (Lipinski definition) is 3. The van der Waals surface area contributed by atoms with Crippen LogP contribution in [-0.2, 0) is 9.59 Å². The summed E-state index contributed by atoms with van der Waals surface area (Å²) in [5, 5.41) is 5.20. The van der Waals surface area contributed by atoms with Crippen molar-refractivity contribution in [2.75, 3.05) is 23.0 Å². The van der Waals surface area contributed by atoms with Crippen LogP contribution in [-0.4, -0.2) is 18.4 Å². The molecule has 6 heteroatoms. The Balaban J connectivity index is 2.37. The summed E-state index contributed by atoms with van der Waals surface area (Å²) in [6, 6.07) is 3.14. The summed E-state index contributed by atoms with van der Waals surface area (Å²) in [6.45, 7) is 1.36. The van der Waals surface area contributed by atoms with Crippen LogP contribution >= 0.6 is 0 Å². The van der Waals surface area contributed by atoms with Crippen LogP contribution in [0.25, 0.3) is 0 Å². The maximum atomic E-state index is 11.1. The molecule has 16 heavy (non-hydrogen) atoms. The average molecular weight is 221 g/mol. The van der Waals surface area contributed by atoms with Crippen LogP contribution in [0.15, 0.2) is 12.1 Å². The first-order chi connectivity index (χ1) is 7.56. The van der Waals surface area contributed by atoms with E-state index in [0.29, 0.717) is 22.8 Å². The quantitative estimate of drug-likeness (QED) is 0.604. The Hall–Kier alpha value is -2.24. The van der Waals surface area contributed by atoms with Gasteiger partial charge in [0.25, 0.3) is 5.91 Å². The second kappa shape index (κ2) is 3.73. The number of carbonyl (C=O) groups excluding carboxylic acids is 2. The summed E-state index contributed by atoms with van der Waals surface area (Å²) in [4.78, 5) is 22.0. The topological polar surface area (TPSA) is 93.5 Å². The minimum atomic E-state index is -0.223. The van der Waals surface area contributed by atoms with Crippen molar-refractivity contribution in [1.82, 2.24) is 0 Å². The van der Waals surface area contributed by atoms with Crippen LogP contribution in [0.5, 0.6) is 5.75 Å². The van der Waals surface area contributed by atoms with Gasteiger partial charge in [-0.25, -0.2) is 0 Å². The maximum absolute atomic E-state index is 11.1. The Bertz CT molecular complexity index is 471. The highest BCUT2D eigenvalue weighted by Crippen LogP contribution is 2.35. The Labute approximate surface area is 91.8 Å². The lowest BCUT2D eigenvalue weighted by Gasteiger charge is -2.19. The molecule has 0 unspecified atom stereocenters. The molecule has 84 valence electrons. The molecule has 0 saturated heterocycles. The molecule has 2 amide bonds. The molecule has 1 aliphatic heterocycles. The third-order valence-corrected chi connectivity index (χ3v) is 2.10. The number of hydrogen-bond acceptors (Lipinski definition) is 4. The number of carbonyl (C=O) groups is 2. The van der Waals surface area contributed by atoms with Crippen molar-refractivity contribution in [2.24, 2.45) is 0 Å². The van der Waals surface area contributed by atoms with Gasteiger partial charge >= 0.3 is 0 Å². The molecule has 1 aromatic carbocycles. The van der Waals surface area contributed by atoms with Crippen LogP contribution in [0, 0.1) is 0 Å². The van der Waals surface area contributed by atoms with Gasteiger partial charge in [0, 0.05) is 13.0 Å². The van der Waals surface area contributed by atoms with Gasteiger partial charge in [-0.05, 0) is 6.07 Å². The zero-order valence-corrected chi connectivity index (χ0v) is 8.66. The van der Waals surface area contributed by atoms with Crippen LogP contribution in [0.3, 0.4) is 0 Å². The largest absolute Gasteiger partial charge is 0.482 e. The molecule has 0 aliphatic carbocycles. The number of benzene rings is 1. The molecule has 1 aromatic rings. The normalized spacial score (nSPS) is 13.4. The van der Waals surface area contributed by atoms with Crippen molar-refractivity contribution in [3.63, 3.8) is 0 Å². The Morgan fingerprint density at radius 1 is 1.56 bits per heavy atom. The van der Waals surface area contributed by atoms with Crippen molar-refractivity contribution in [1.29, 1.82) is 0 Å². The molecule has 0 bridgehead atoms. The molecule has 1 heterocycles. The molecule has 0 radical (unpaired) electrons. The monoisotopic (exact) mass is 221 g/mol. The summed E-state index contributed by atoms with van der Waals surface area (Å²) in [5.41, 5.74) is 7.08. The molecule has 1 aliphatic rings. The average Bonchev–Trinajstić information content (AvgIpc) is 2.19. The molecule has 6 nitrogen and oxygen atoms in total. The van der Waals surface area contributed by atoms with Crippen LogP contribution in [0.1, 0.15) is 6.92 Å². The highest BCUT2D eigenvalue weighted by molar-refractivity contribution is 5.99. The number of nitrogens with two attached hydrogens (primary N) is 1. The Morgan fingerprint density at radius 2 is 2.31 bits per heavy atom. The van der Waals surface area contributed by atoms with E-state index in [2.05, 4.69) is 10.6 Å². The number of nitrogens with one attached hydrogen (secondary N) is 2. The minimum absolute atomic E-state index is 0.0313. The predicted octanol–water partition coefficient (Wildman–Crippen LogP) is 0.558. The van der Waals surface area contributed by atoms with Crippen molar-refractivity contribution in [3.05, 3.63) is 12.1 Å².